The van der Waals surface area contributed by atoms with Gasteiger partial charge in [-0.05, 0) is 0 Å². The fourth-order valence-electron chi connectivity index (χ4n) is 0. The van der Waals surface area contributed by atoms with Crippen LogP contribution in [0.3, 0.4) is 0 Å². The Morgan fingerprint density at radius 1 is 1.29 bits per heavy atom. The van der Waals surface area contributed by atoms with E-state index < -0.39 is 11.4 Å². The fourth-order valence-corrected chi connectivity index (χ4v) is 0. The van der Waals surface area contributed by atoms with Gasteiger partial charge in [-0.25, -0.2) is 0 Å². The van der Waals surface area contributed by atoms with E-state index in [1.165, 1.54) is 0 Å². The summed E-state index contributed by atoms with van der Waals surface area (Å²) in [5.74, 6) is 0. The molecule has 0 bridgehead atoms. The van der Waals surface area contributed by atoms with Crippen LogP contribution in [0, 0.1) is 0 Å². The molecule has 0 spiro atoms. The first-order valence-electron chi connectivity index (χ1n) is 0.532. The predicted molar refractivity (Wildman–Crippen MR) is 16.4 cm³/mol. The molecule has 0 aliphatic heterocycles. The monoisotopic (exact) mass is 146 g/mol. The van der Waals surface area contributed by atoms with E-state index in [2.05, 4.69) is 0 Å². The van der Waals surface area contributed by atoms with Crippen molar-refractivity contribution in [2.75, 3.05) is 0 Å². The van der Waals surface area contributed by atoms with Crippen molar-refractivity contribution in [1.29, 1.82) is 0 Å². The zero-order chi connectivity index (χ0) is 3.58. The second-order valence-electron chi connectivity index (χ2n) is 0.231. The van der Waals surface area contributed by atoms with Crippen LogP contribution in [0.2, 0.25) is 0 Å². The molecule has 0 atom stereocenters. The third kappa shape index (κ3) is 70.9. The maximum absolute atomic E-state index is 8.67. The molecular weight excluding hydrogens is 142 g/mol. The molecule has 0 heterocycles. The Morgan fingerprint density at radius 3 is 1.29 bits per heavy atom. The Morgan fingerprint density at radius 2 is 1.29 bits per heavy atom. The summed E-state index contributed by atoms with van der Waals surface area (Å²) in [7, 11) is 0. The number of hydrogen-bond donors (Lipinski definition) is 2. The van der Waals surface area contributed by atoms with Crippen LogP contribution in [0.4, 0.5) is 0 Å². The molecule has 0 radical (unpaired) electrons. The zero-order valence-corrected chi connectivity index (χ0v) is 8.97. The summed E-state index contributed by atoms with van der Waals surface area (Å²) in [6, 6.07) is 0. The Kier molecular flexibility index (Phi) is 51.6. The number of rotatable bonds is 0. The summed E-state index contributed by atoms with van der Waals surface area (Å²) in [5, 5.41) is 0. The van der Waals surface area contributed by atoms with Crippen LogP contribution < -0.4 is 59.1 Å². The molecule has 0 aliphatic rings. The van der Waals surface area contributed by atoms with Gasteiger partial charge in [0, 0.05) is 0 Å². The molecule has 0 saturated carbocycles. The van der Waals surface area contributed by atoms with E-state index >= 15 is 0 Å². The van der Waals surface area contributed by atoms with E-state index in [-0.39, 0.29) is 66.0 Å². The summed E-state index contributed by atoms with van der Waals surface area (Å²) in [6.07, 6.45) is 0. The van der Waals surface area contributed by atoms with Gasteiger partial charge in [0.05, 0.1) is 0 Å². The van der Waals surface area contributed by atoms with Crippen LogP contribution in [-0.2, 0) is 11.4 Å². The minimum atomic E-state index is -2.61. The van der Waals surface area contributed by atoms with Gasteiger partial charge in [0.25, 0.3) is 11.4 Å². The van der Waals surface area contributed by atoms with Crippen LogP contribution in [0.5, 0.6) is 0 Å². The van der Waals surface area contributed by atoms with Gasteiger partial charge < -0.3 is 6.90 Å². The van der Waals surface area contributed by atoms with E-state index in [4.69, 9.17) is 13.3 Å². The average molecular weight is 146 g/mol. The molecule has 7 heteroatoms. The van der Waals surface area contributed by atoms with Gasteiger partial charge in [0.1, 0.15) is 0 Å². The minimum absolute atomic E-state index is 0. The molecular formula is H4Na2O4S. The molecule has 0 unspecified atom stereocenters. The van der Waals surface area contributed by atoms with Gasteiger partial charge in [0.15, 0.2) is 0 Å². The minimum Gasteiger partial charge on any atom is -1.00 e. The molecule has 36 valence electrons. The molecule has 0 aromatic carbocycles. The fraction of sp³-hybridized carbons (Fsp3) is 0. The third-order valence-corrected chi connectivity index (χ3v) is 0. The zero-order valence-electron chi connectivity index (χ0n) is 5.16. The largest absolute Gasteiger partial charge is 1.00 e. The molecule has 0 aromatic rings. The van der Waals surface area contributed by atoms with Crippen molar-refractivity contribution in [3.63, 3.8) is 0 Å². The van der Waals surface area contributed by atoms with Crippen molar-refractivity contribution < 1.29 is 79.3 Å². The molecule has 4 nitrogen and oxygen atoms in total. The average Bonchev–Trinajstić information content (AvgIpc) is 0.811. The Balaban J connectivity index is -0.00000000750. The van der Waals surface area contributed by atoms with Crippen LogP contribution in [0.15, 0.2) is 0 Å². The van der Waals surface area contributed by atoms with Crippen molar-refractivity contribution in [3.8, 4) is 0 Å². The molecule has 0 amide bonds. The second kappa shape index (κ2) is 15.7. The smallest absolute Gasteiger partial charge is 1.00 e. The molecule has 3 N–H and O–H groups in total. The predicted octanol–water partition coefficient (Wildman–Crippen LogP) is -6.38. The second-order valence-corrected chi connectivity index (χ2v) is 0.692. The van der Waals surface area contributed by atoms with Gasteiger partial charge in [-0.15, -0.1) is 0 Å². The maximum atomic E-state index is 8.67. The SMILES string of the molecule is O=S(O)O.[H-].[Na+].[Na+].[OH-]. The molecule has 0 aromatic heterocycles. The Labute approximate surface area is 89.5 Å². The summed E-state index contributed by atoms with van der Waals surface area (Å²) in [6.45, 7) is 0. The van der Waals surface area contributed by atoms with Gasteiger partial charge in [-0.2, -0.15) is 4.21 Å². The van der Waals surface area contributed by atoms with Crippen molar-refractivity contribution in [2.24, 2.45) is 0 Å². The topological polar surface area (TPSA) is 87.5 Å². The van der Waals surface area contributed by atoms with Crippen LogP contribution in [-0.4, -0.2) is 18.8 Å². The molecule has 0 fully saturated rings. The van der Waals surface area contributed by atoms with Crippen molar-refractivity contribution in [3.05, 3.63) is 0 Å². The summed E-state index contributed by atoms with van der Waals surface area (Å²) >= 11 is -2.61. The van der Waals surface area contributed by atoms with E-state index in [9.17, 15) is 0 Å². The summed E-state index contributed by atoms with van der Waals surface area (Å²) in [5.41, 5.74) is 0. The van der Waals surface area contributed by atoms with Gasteiger partial charge in [-0.1, -0.05) is 0 Å². The molecule has 0 rings (SSSR count). The normalized spacial score (nSPS) is 5.00. The van der Waals surface area contributed by atoms with Crippen LogP contribution >= 0.6 is 0 Å². The summed E-state index contributed by atoms with van der Waals surface area (Å²) in [4.78, 5) is 0. The van der Waals surface area contributed by atoms with Crippen molar-refractivity contribution >= 4 is 11.4 Å². The molecule has 7 heavy (non-hydrogen) atoms. The number of hydrogen-bond acceptors (Lipinski definition) is 2. The van der Waals surface area contributed by atoms with Crippen molar-refractivity contribution in [2.45, 2.75) is 0 Å². The molecule has 0 aliphatic carbocycles. The maximum Gasteiger partial charge on any atom is 1.00 e. The summed E-state index contributed by atoms with van der Waals surface area (Å²) < 4.78 is 22.8. The molecule has 0 saturated heterocycles. The van der Waals surface area contributed by atoms with Crippen LogP contribution in [0.25, 0.3) is 0 Å². The first-order valence-corrected chi connectivity index (χ1v) is 1.60. The van der Waals surface area contributed by atoms with E-state index in [1.807, 2.05) is 0 Å². The standard InChI is InChI=1S/2Na.H2O3S.H2O.H/c;;1-4(2)3;;/h;;(H2,1,2,3);1H2;/q2*+1;;;-1/p-1. The van der Waals surface area contributed by atoms with E-state index in [0.717, 1.165) is 0 Å². The van der Waals surface area contributed by atoms with Gasteiger partial charge in [-0.3, -0.25) is 9.11 Å². The quantitative estimate of drug-likeness (QED) is 0.263. The first-order chi connectivity index (χ1) is 1.73. The van der Waals surface area contributed by atoms with E-state index in [0.29, 0.717) is 0 Å². The van der Waals surface area contributed by atoms with Gasteiger partial charge >= 0.3 is 59.1 Å². The van der Waals surface area contributed by atoms with Gasteiger partial charge in [0.2, 0.25) is 0 Å². The van der Waals surface area contributed by atoms with Crippen molar-refractivity contribution in [1.82, 2.24) is 0 Å². The van der Waals surface area contributed by atoms with Crippen LogP contribution in [0.1, 0.15) is 1.43 Å². The third-order valence-electron chi connectivity index (χ3n) is 0. The van der Waals surface area contributed by atoms with E-state index in [1.54, 1.807) is 0 Å². The first kappa shape index (κ1) is 23.0. The Hall–Kier alpha value is 2.03. The Bertz CT molecular complexity index is 37.0.